The van der Waals surface area contributed by atoms with Crippen LogP contribution in [0, 0.1) is 0 Å². The Morgan fingerprint density at radius 2 is 1.50 bits per heavy atom. The SMILES string of the molecule is CCCCCCCC(O)CCCC(CC)S(=O)(=O)[O-].[Na+]. The summed E-state index contributed by atoms with van der Waals surface area (Å²) in [5.74, 6) is 0. The minimum absolute atomic E-state index is 0. The average Bonchev–Trinajstić information content (AvgIpc) is 2.32. The number of unbranched alkanes of at least 4 members (excludes halogenated alkanes) is 4. The fraction of sp³-hybridized carbons (Fsp3) is 1.00. The van der Waals surface area contributed by atoms with E-state index >= 15 is 0 Å². The zero-order chi connectivity index (χ0) is 14.7. The summed E-state index contributed by atoms with van der Waals surface area (Å²) in [6.45, 7) is 3.88. The number of hydrogen-bond donors (Lipinski definition) is 1. The van der Waals surface area contributed by atoms with E-state index in [0.717, 1.165) is 19.3 Å². The molecule has 116 valence electrons. The molecular formula is C14H29NaO4S. The van der Waals surface area contributed by atoms with Crippen molar-refractivity contribution in [2.75, 3.05) is 0 Å². The summed E-state index contributed by atoms with van der Waals surface area (Å²) in [4.78, 5) is 0. The molecule has 4 nitrogen and oxygen atoms in total. The maximum atomic E-state index is 10.9. The number of hydrogen-bond acceptors (Lipinski definition) is 4. The van der Waals surface area contributed by atoms with E-state index in [2.05, 4.69) is 6.92 Å². The summed E-state index contributed by atoms with van der Waals surface area (Å²) in [6.07, 6.45) is 8.22. The molecule has 0 amide bonds. The fourth-order valence-corrected chi connectivity index (χ4v) is 3.13. The van der Waals surface area contributed by atoms with E-state index < -0.39 is 15.4 Å². The van der Waals surface area contributed by atoms with Crippen LogP contribution < -0.4 is 29.6 Å². The molecule has 0 bridgehead atoms. The molecule has 20 heavy (non-hydrogen) atoms. The van der Waals surface area contributed by atoms with Gasteiger partial charge in [0.15, 0.2) is 0 Å². The van der Waals surface area contributed by atoms with E-state index in [1.807, 2.05) is 0 Å². The Kier molecular flexibility index (Phi) is 15.7. The molecule has 0 radical (unpaired) electrons. The van der Waals surface area contributed by atoms with Crippen LogP contribution in [-0.4, -0.2) is 29.4 Å². The molecule has 0 fully saturated rings. The van der Waals surface area contributed by atoms with Crippen LogP contribution >= 0.6 is 0 Å². The summed E-state index contributed by atoms with van der Waals surface area (Å²) >= 11 is 0. The molecule has 0 aliphatic rings. The van der Waals surface area contributed by atoms with Crippen LogP contribution in [0.25, 0.3) is 0 Å². The maximum absolute atomic E-state index is 10.9. The quantitative estimate of drug-likeness (QED) is 0.317. The van der Waals surface area contributed by atoms with E-state index in [1.54, 1.807) is 6.92 Å². The Morgan fingerprint density at radius 1 is 0.950 bits per heavy atom. The predicted octanol–water partition coefficient (Wildman–Crippen LogP) is 0.206. The first-order valence-electron chi connectivity index (χ1n) is 7.54. The van der Waals surface area contributed by atoms with Gasteiger partial charge in [-0.1, -0.05) is 46.0 Å². The third kappa shape index (κ3) is 12.6. The average molecular weight is 316 g/mol. The molecule has 0 saturated heterocycles. The van der Waals surface area contributed by atoms with Crippen LogP contribution in [0.1, 0.15) is 78.1 Å². The first kappa shape index (κ1) is 23.1. The molecule has 0 aromatic heterocycles. The van der Waals surface area contributed by atoms with Gasteiger partial charge in [-0.3, -0.25) is 0 Å². The van der Waals surface area contributed by atoms with Crippen molar-refractivity contribution in [3.63, 3.8) is 0 Å². The minimum Gasteiger partial charge on any atom is -0.748 e. The minimum atomic E-state index is -4.17. The molecule has 0 aromatic rings. The second-order valence-electron chi connectivity index (χ2n) is 5.31. The molecule has 0 aliphatic heterocycles. The standard InChI is InChI=1S/C14H30O4S.Na/c1-3-5-6-7-8-10-13(15)11-9-12-14(4-2)19(16,17)18;/h13-15H,3-12H2,1-2H3,(H,16,17,18);/q;+1/p-1. The van der Waals surface area contributed by atoms with Crippen molar-refractivity contribution >= 4 is 10.1 Å². The van der Waals surface area contributed by atoms with E-state index in [1.165, 1.54) is 19.3 Å². The molecule has 2 unspecified atom stereocenters. The first-order chi connectivity index (χ1) is 8.91. The third-order valence-electron chi connectivity index (χ3n) is 3.57. The number of rotatable bonds is 12. The number of aliphatic hydroxyl groups excluding tert-OH is 1. The Morgan fingerprint density at radius 3 is 2.00 bits per heavy atom. The fourth-order valence-electron chi connectivity index (χ4n) is 2.26. The van der Waals surface area contributed by atoms with Gasteiger partial charge < -0.3 is 9.66 Å². The smallest absolute Gasteiger partial charge is 0.748 e. The Bertz CT molecular complexity index is 306. The van der Waals surface area contributed by atoms with Crippen LogP contribution in [0.15, 0.2) is 0 Å². The van der Waals surface area contributed by atoms with Crippen molar-refractivity contribution in [1.29, 1.82) is 0 Å². The maximum Gasteiger partial charge on any atom is 1.00 e. The molecule has 2 atom stereocenters. The van der Waals surface area contributed by atoms with Gasteiger partial charge in [0, 0.05) is 5.25 Å². The van der Waals surface area contributed by atoms with Crippen LogP contribution in [0.3, 0.4) is 0 Å². The Hall–Kier alpha value is 0.870. The molecule has 0 rings (SSSR count). The summed E-state index contributed by atoms with van der Waals surface area (Å²) in [7, 11) is -4.17. The zero-order valence-corrected chi connectivity index (χ0v) is 16.1. The Labute approximate surface area is 146 Å². The van der Waals surface area contributed by atoms with Gasteiger partial charge in [-0.15, -0.1) is 0 Å². The normalized spacial score (nSPS) is 14.6. The summed E-state index contributed by atoms with van der Waals surface area (Å²) < 4.78 is 32.7. The van der Waals surface area contributed by atoms with Crippen LogP contribution in [0.2, 0.25) is 0 Å². The first-order valence-corrected chi connectivity index (χ1v) is 9.01. The van der Waals surface area contributed by atoms with E-state index in [-0.39, 0.29) is 35.7 Å². The van der Waals surface area contributed by atoms with Gasteiger partial charge in [0.1, 0.15) is 0 Å². The van der Waals surface area contributed by atoms with Gasteiger partial charge >= 0.3 is 29.6 Å². The summed E-state index contributed by atoms with van der Waals surface area (Å²) in [5, 5.41) is 8.98. The van der Waals surface area contributed by atoms with Crippen molar-refractivity contribution in [2.45, 2.75) is 89.4 Å². The van der Waals surface area contributed by atoms with Crippen molar-refractivity contribution in [3.05, 3.63) is 0 Å². The molecule has 1 N–H and O–H groups in total. The monoisotopic (exact) mass is 316 g/mol. The van der Waals surface area contributed by atoms with Gasteiger partial charge in [0.2, 0.25) is 0 Å². The van der Waals surface area contributed by atoms with E-state index in [0.29, 0.717) is 25.7 Å². The van der Waals surface area contributed by atoms with E-state index in [9.17, 15) is 18.1 Å². The second kappa shape index (κ2) is 13.5. The van der Waals surface area contributed by atoms with Gasteiger partial charge in [-0.25, -0.2) is 8.42 Å². The molecule has 6 heteroatoms. The molecule has 0 aromatic carbocycles. The molecule has 0 saturated carbocycles. The van der Waals surface area contributed by atoms with Gasteiger partial charge in [0.25, 0.3) is 0 Å². The third-order valence-corrected chi connectivity index (χ3v) is 4.95. The van der Waals surface area contributed by atoms with Crippen molar-refractivity contribution < 1.29 is 47.6 Å². The van der Waals surface area contributed by atoms with Crippen LogP contribution in [0.4, 0.5) is 0 Å². The second-order valence-corrected chi connectivity index (χ2v) is 6.96. The van der Waals surface area contributed by atoms with Crippen LogP contribution in [0.5, 0.6) is 0 Å². The zero-order valence-electron chi connectivity index (χ0n) is 13.3. The topological polar surface area (TPSA) is 77.4 Å². The number of aliphatic hydroxyl groups is 1. The van der Waals surface area contributed by atoms with Gasteiger partial charge in [0.05, 0.1) is 16.2 Å². The predicted molar refractivity (Wildman–Crippen MR) is 77.0 cm³/mol. The molecule has 0 aliphatic carbocycles. The summed E-state index contributed by atoms with van der Waals surface area (Å²) in [5.41, 5.74) is 0. The van der Waals surface area contributed by atoms with Crippen molar-refractivity contribution in [3.8, 4) is 0 Å². The van der Waals surface area contributed by atoms with Gasteiger partial charge in [-0.2, -0.15) is 0 Å². The van der Waals surface area contributed by atoms with Gasteiger partial charge in [-0.05, 0) is 32.1 Å². The van der Waals surface area contributed by atoms with Crippen LogP contribution in [-0.2, 0) is 10.1 Å². The van der Waals surface area contributed by atoms with Crippen molar-refractivity contribution in [2.24, 2.45) is 0 Å². The molecule has 0 heterocycles. The summed E-state index contributed by atoms with van der Waals surface area (Å²) in [6, 6.07) is 0. The largest absolute Gasteiger partial charge is 1.00 e. The molecule has 0 spiro atoms. The Balaban J connectivity index is 0. The molecular weight excluding hydrogens is 287 g/mol. The van der Waals surface area contributed by atoms with Crippen molar-refractivity contribution in [1.82, 2.24) is 0 Å². The van der Waals surface area contributed by atoms with E-state index in [4.69, 9.17) is 0 Å².